The molecule has 2 heterocycles. The van der Waals surface area contributed by atoms with Gasteiger partial charge in [0.15, 0.2) is 11.5 Å². The van der Waals surface area contributed by atoms with E-state index in [1.165, 1.54) is 11.1 Å². The topological polar surface area (TPSA) is 51.2 Å². The molecule has 0 spiro atoms. The smallest absolute Gasteiger partial charge is 0.231 e. The van der Waals surface area contributed by atoms with Gasteiger partial charge in [0, 0.05) is 25.7 Å². The molecule has 2 aromatic rings. The van der Waals surface area contributed by atoms with Gasteiger partial charge in [-0.25, -0.2) is 0 Å². The minimum Gasteiger partial charge on any atom is -0.491 e. The van der Waals surface area contributed by atoms with E-state index >= 15 is 0 Å². The highest BCUT2D eigenvalue weighted by molar-refractivity contribution is 5.46. The molecular weight excluding hydrogens is 306 g/mol. The molecule has 0 unspecified atom stereocenters. The molecule has 24 heavy (non-hydrogen) atoms. The van der Waals surface area contributed by atoms with Crippen LogP contribution in [-0.4, -0.2) is 42.6 Å². The third-order valence-corrected chi connectivity index (χ3v) is 4.47. The molecule has 2 aliphatic heterocycles. The molecule has 0 bridgehead atoms. The monoisotopic (exact) mass is 327 g/mol. The lowest BCUT2D eigenvalue weighted by Crippen LogP contribution is -2.38. The Morgan fingerprint density at radius 2 is 1.92 bits per heavy atom. The molecule has 0 saturated heterocycles. The van der Waals surface area contributed by atoms with Gasteiger partial charge in [0.1, 0.15) is 18.5 Å². The molecule has 0 aromatic heterocycles. The van der Waals surface area contributed by atoms with Gasteiger partial charge in [-0.2, -0.15) is 0 Å². The number of rotatable bonds is 5. The van der Waals surface area contributed by atoms with E-state index in [9.17, 15) is 5.11 Å². The van der Waals surface area contributed by atoms with Crippen LogP contribution in [0.25, 0.3) is 0 Å². The molecule has 0 fully saturated rings. The number of nitrogens with zero attached hydrogens (tertiary/aromatic N) is 1. The van der Waals surface area contributed by atoms with E-state index in [4.69, 9.17) is 14.2 Å². The Morgan fingerprint density at radius 3 is 2.83 bits per heavy atom. The summed E-state index contributed by atoms with van der Waals surface area (Å²) in [5.74, 6) is 2.10. The maximum atomic E-state index is 10.3. The Balaban J connectivity index is 1.29. The van der Waals surface area contributed by atoms with Crippen LogP contribution in [-0.2, 0) is 13.0 Å². The summed E-state index contributed by atoms with van der Waals surface area (Å²) in [6, 6.07) is 14.0. The van der Waals surface area contributed by atoms with E-state index in [1.54, 1.807) is 6.07 Å². The number of hydrogen-bond donors (Lipinski definition) is 1. The number of aliphatic hydroxyl groups excluding tert-OH is 1. The summed E-state index contributed by atoms with van der Waals surface area (Å²) in [5, 5.41) is 10.3. The molecule has 2 aliphatic rings. The van der Waals surface area contributed by atoms with Gasteiger partial charge in [0.25, 0.3) is 0 Å². The van der Waals surface area contributed by atoms with E-state index < -0.39 is 6.10 Å². The van der Waals surface area contributed by atoms with Crippen molar-refractivity contribution in [2.24, 2.45) is 0 Å². The van der Waals surface area contributed by atoms with E-state index in [0.717, 1.165) is 25.3 Å². The zero-order valence-electron chi connectivity index (χ0n) is 13.5. The van der Waals surface area contributed by atoms with Gasteiger partial charge < -0.3 is 19.3 Å². The normalized spacial score (nSPS) is 17.4. The van der Waals surface area contributed by atoms with Crippen molar-refractivity contribution in [1.82, 2.24) is 4.90 Å². The standard InChI is InChI=1S/C19H21NO4/c21-16(11-20-8-7-14-3-1-2-4-15(14)10-20)12-22-17-5-6-18-19(9-17)24-13-23-18/h1-6,9,16,21H,7-8,10-13H2/t16-/m0/s1. The molecule has 1 N–H and O–H groups in total. The van der Waals surface area contributed by atoms with Crippen LogP contribution >= 0.6 is 0 Å². The van der Waals surface area contributed by atoms with E-state index in [1.807, 2.05) is 12.1 Å². The number of benzene rings is 2. The minimum atomic E-state index is -0.527. The Morgan fingerprint density at radius 1 is 1.08 bits per heavy atom. The first-order chi connectivity index (χ1) is 11.8. The number of aliphatic hydroxyl groups is 1. The summed E-state index contributed by atoms with van der Waals surface area (Å²) < 4.78 is 16.3. The van der Waals surface area contributed by atoms with Crippen molar-refractivity contribution in [2.45, 2.75) is 19.1 Å². The zero-order valence-corrected chi connectivity index (χ0v) is 13.5. The fourth-order valence-electron chi connectivity index (χ4n) is 3.22. The molecule has 4 rings (SSSR count). The summed E-state index contributed by atoms with van der Waals surface area (Å²) in [6.45, 7) is 2.98. The number of β-amino-alcohol motifs (C(OH)–C–C–N with tert-alkyl or cyclic N) is 1. The van der Waals surface area contributed by atoms with Crippen molar-refractivity contribution in [3.05, 3.63) is 53.6 Å². The van der Waals surface area contributed by atoms with Crippen molar-refractivity contribution >= 4 is 0 Å². The van der Waals surface area contributed by atoms with E-state index in [-0.39, 0.29) is 13.4 Å². The second-order valence-corrected chi connectivity index (χ2v) is 6.23. The third-order valence-electron chi connectivity index (χ3n) is 4.47. The largest absolute Gasteiger partial charge is 0.491 e. The molecule has 2 aromatic carbocycles. The van der Waals surface area contributed by atoms with E-state index in [2.05, 4.69) is 29.2 Å². The number of fused-ring (bicyclic) bond motifs is 2. The van der Waals surface area contributed by atoms with Crippen molar-refractivity contribution < 1.29 is 19.3 Å². The lowest BCUT2D eigenvalue weighted by molar-refractivity contribution is 0.0637. The van der Waals surface area contributed by atoms with Crippen LogP contribution in [0, 0.1) is 0 Å². The minimum absolute atomic E-state index is 0.248. The van der Waals surface area contributed by atoms with Crippen LogP contribution in [0.5, 0.6) is 17.2 Å². The average molecular weight is 327 g/mol. The summed E-state index contributed by atoms with van der Waals surface area (Å²) in [4.78, 5) is 2.27. The van der Waals surface area contributed by atoms with Crippen LogP contribution in [0.4, 0.5) is 0 Å². The SMILES string of the molecule is O[C@H](COc1ccc2c(c1)OCO2)CN1CCc2ccccc2C1. The fourth-order valence-corrected chi connectivity index (χ4v) is 3.22. The average Bonchev–Trinajstić information content (AvgIpc) is 3.07. The van der Waals surface area contributed by atoms with Gasteiger partial charge in [0.2, 0.25) is 6.79 Å². The van der Waals surface area contributed by atoms with Crippen LogP contribution in [0.3, 0.4) is 0 Å². The van der Waals surface area contributed by atoms with Gasteiger partial charge in [-0.05, 0) is 29.7 Å². The van der Waals surface area contributed by atoms with Crippen LogP contribution in [0.1, 0.15) is 11.1 Å². The highest BCUT2D eigenvalue weighted by Crippen LogP contribution is 2.35. The molecule has 0 saturated carbocycles. The quantitative estimate of drug-likeness (QED) is 0.912. The van der Waals surface area contributed by atoms with E-state index in [0.29, 0.717) is 18.0 Å². The molecule has 0 radical (unpaired) electrons. The van der Waals surface area contributed by atoms with Gasteiger partial charge in [0.05, 0.1) is 0 Å². The second-order valence-electron chi connectivity index (χ2n) is 6.23. The highest BCUT2D eigenvalue weighted by atomic mass is 16.7. The first-order valence-corrected chi connectivity index (χ1v) is 8.27. The van der Waals surface area contributed by atoms with Gasteiger partial charge in [-0.15, -0.1) is 0 Å². The fraction of sp³-hybridized carbons (Fsp3) is 0.368. The maximum absolute atomic E-state index is 10.3. The van der Waals surface area contributed by atoms with Crippen LogP contribution in [0.2, 0.25) is 0 Å². The number of ether oxygens (including phenoxy) is 3. The van der Waals surface area contributed by atoms with Crippen LogP contribution < -0.4 is 14.2 Å². The molecule has 5 heteroatoms. The van der Waals surface area contributed by atoms with Crippen molar-refractivity contribution in [3.8, 4) is 17.2 Å². The molecule has 1 atom stereocenters. The van der Waals surface area contributed by atoms with Gasteiger partial charge >= 0.3 is 0 Å². The third kappa shape index (κ3) is 3.32. The van der Waals surface area contributed by atoms with Gasteiger partial charge in [-0.1, -0.05) is 24.3 Å². The summed E-state index contributed by atoms with van der Waals surface area (Å²) >= 11 is 0. The molecule has 0 aliphatic carbocycles. The second kappa shape index (κ2) is 6.71. The summed E-state index contributed by atoms with van der Waals surface area (Å²) in [5.41, 5.74) is 2.77. The Hall–Kier alpha value is -2.24. The van der Waals surface area contributed by atoms with Crippen molar-refractivity contribution in [2.75, 3.05) is 26.5 Å². The first kappa shape index (κ1) is 15.3. The zero-order chi connectivity index (χ0) is 16.4. The maximum Gasteiger partial charge on any atom is 0.231 e. The van der Waals surface area contributed by atoms with Crippen LogP contribution in [0.15, 0.2) is 42.5 Å². The molecule has 126 valence electrons. The molecular formula is C19H21NO4. The Labute approximate surface area is 141 Å². The van der Waals surface area contributed by atoms with Gasteiger partial charge in [-0.3, -0.25) is 4.90 Å². The lowest BCUT2D eigenvalue weighted by atomic mass is 10.00. The number of hydrogen-bond acceptors (Lipinski definition) is 5. The Bertz CT molecular complexity index is 718. The Kier molecular flexibility index (Phi) is 4.28. The molecule has 5 nitrogen and oxygen atoms in total. The predicted octanol–water partition coefficient (Wildman–Crippen LogP) is 2.21. The van der Waals surface area contributed by atoms with Crippen molar-refractivity contribution in [3.63, 3.8) is 0 Å². The summed E-state index contributed by atoms with van der Waals surface area (Å²) in [7, 11) is 0. The molecule has 0 amide bonds. The predicted molar refractivity (Wildman–Crippen MR) is 89.5 cm³/mol. The lowest BCUT2D eigenvalue weighted by Gasteiger charge is -2.30. The summed E-state index contributed by atoms with van der Waals surface area (Å²) in [6.07, 6.45) is 0.506. The highest BCUT2D eigenvalue weighted by Gasteiger charge is 2.19. The van der Waals surface area contributed by atoms with Crippen molar-refractivity contribution in [1.29, 1.82) is 0 Å². The first-order valence-electron chi connectivity index (χ1n) is 8.27.